The average Bonchev–Trinajstić information content (AvgIpc) is 2.85. The predicted molar refractivity (Wildman–Crippen MR) is 83.8 cm³/mol. The van der Waals surface area contributed by atoms with Gasteiger partial charge in [0.25, 0.3) is 0 Å². The number of hydrogen-bond donors (Lipinski definition) is 1. The molecule has 1 N–H and O–H groups in total. The quantitative estimate of drug-likeness (QED) is 0.833. The molecule has 2 atom stereocenters. The summed E-state index contributed by atoms with van der Waals surface area (Å²) in [6.07, 6.45) is 3.42. The predicted octanol–water partition coefficient (Wildman–Crippen LogP) is 4.47. The van der Waals surface area contributed by atoms with Crippen LogP contribution < -0.4 is 10.1 Å². The molecule has 0 bridgehead atoms. The normalized spacial score (nSPS) is 16.8. The van der Waals surface area contributed by atoms with Gasteiger partial charge in [0.2, 0.25) is 0 Å². The number of hydrogen-bond acceptors (Lipinski definition) is 2. The van der Waals surface area contributed by atoms with Gasteiger partial charge in [0.05, 0.1) is 6.61 Å². The molecule has 2 unspecified atom stereocenters. The van der Waals surface area contributed by atoms with Crippen LogP contribution in [0.1, 0.15) is 50.8 Å². The summed E-state index contributed by atoms with van der Waals surface area (Å²) in [5, 5.41) is 3.62. The molecule has 0 amide bonds. The van der Waals surface area contributed by atoms with E-state index in [1.165, 1.54) is 22.0 Å². The summed E-state index contributed by atoms with van der Waals surface area (Å²) in [6.45, 7) is 8.56. The molecule has 1 heterocycles. The Kier molecular flexibility index (Phi) is 5.28. The second-order valence-corrected chi connectivity index (χ2v) is 6.36. The highest BCUT2D eigenvalue weighted by Crippen LogP contribution is 2.38. The molecule has 3 heteroatoms. The van der Waals surface area contributed by atoms with Gasteiger partial charge in [0.1, 0.15) is 5.75 Å². The molecule has 0 aromatic heterocycles. The summed E-state index contributed by atoms with van der Waals surface area (Å²) in [6, 6.07) is 4.81. The van der Waals surface area contributed by atoms with E-state index in [0.29, 0.717) is 6.04 Å². The Hall–Kier alpha value is -0.540. The lowest BCUT2D eigenvalue weighted by atomic mass is 9.92. The fraction of sp³-hybridized carbons (Fsp3) is 0.625. The molecule has 1 aromatic carbocycles. The first-order valence-corrected chi connectivity index (χ1v) is 8.13. The molecule has 0 spiro atoms. The molecule has 2 nitrogen and oxygen atoms in total. The third-order valence-electron chi connectivity index (χ3n) is 3.94. The maximum Gasteiger partial charge on any atom is 0.127 e. The Morgan fingerprint density at radius 3 is 2.84 bits per heavy atom. The molecule has 19 heavy (non-hydrogen) atoms. The van der Waals surface area contributed by atoms with Gasteiger partial charge in [-0.1, -0.05) is 43.1 Å². The van der Waals surface area contributed by atoms with E-state index in [4.69, 9.17) is 4.74 Å². The molecule has 0 saturated carbocycles. The zero-order chi connectivity index (χ0) is 13.8. The van der Waals surface area contributed by atoms with Gasteiger partial charge in [-0.3, -0.25) is 0 Å². The third-order valence-corrected chi connectivity index (χ3v) is 4.40. The largest absolute Gasteiger partial charge is 0.493 e. The molecular weight excluding hydrogens is 302 g/mol. The molecule has 0 fully saturated rings. The van der Waals surface area contributed by atoms with E-state index in [-0.39, 0.29) is 0 Å². The second kappa shape index (κ2) is 6.76. The van der Waals surface area contributed by atoms with E-state index in [1.54, 1.807) is 0 Å². The van der Waals surface area contributed by atoms with Crippen molar-refractivity contribution in [3.05, 3.63) is 27.7 Å². The van der Waals surface area contributed by atoms with E-state index < -0.39 is 0 Å². The summed E-state index contributed by atoms with van der Waals surface area (Å²) in [5.41, 5.74) is 2.67. The van der Waals surface area contributed by atoms with E-state index in [2.05, 4.69) is 54.2 Å². The molecule has 1 aromatic rings. The minimum absolute atomic E-state index is 0.393. The van der Waals surface area contributed by atoms with Crippen molar-refractivity contribution < 1.29 is 4.74 Å². The maximum absolute atomic E-state index is 5.87. The Morgan fingerprint density at radius 2 is 2.16 bits per heavy atom. The molecule has 0 radical (unpaired) electrons. The van der Waals surface area contributed by atoms with Crippen molar-refractivity contribution in [3.63, 3.8) is 0 Å². The van der Waals surface area contributed by atoms with Crippen LogP contribution in [0.4, 0.5) is 0 Å². The standard InChI is InChI=1S/C16H24BrNO/c1-4-11(3)8-15(18-5-2)14-10-13(17)9-12-6-7-19-16(12)14/h9-11,15,18H,4-8H2,1-3H3. The van der Waals surface area contributed by atoms with Crippen LogP contribution in [0.25, 0.3) is 0 Å². The Balaban J connectivity index is 2.30. The number of rotatable bonds is 6. The number of halogens is 1. The lowest BCUT2D eigenvalue weighted by Gasteiger charge is -2.23. The van der Waals surface area contributed by atoms with Crippen molar-refractivity contribution in [2.24, 2.45) is 5.92 Å². The van der Waals surface area contributed by atoms with Crippen molar-refractivity contribution in [2.45, 2.75) is 46.1 Å². The summed E-state index contributed by atoms with van der Waals surface area (Å²) in [7, 11) is 0. The molecular formula is C16H24BrNO. The van der Waals surface area contributed by atoms with Crippen LogP contribution in [-0.2, 0) is 6.42 Å². The second-order valence-electron chi connectivity index (χ2n) is 5.44. The minimum atomic E-state index is 0.393. The number of ether oxygens (including phenoxy) is 1. The molecule has 106 valence electrons. The van der Waals surface area contributed by atoms with Crippen molar-refractivity contribution >= 4 is 15.9 Å². The Morgan fingerprint density at radius 1 is 1.37 bits per heavy atom. The first-order chi connectivity index (χ1) is 9.15. The Bertz CT molecular complexity index is 433. The van der Waals surface area contributed by atoms with Gasteiger partial charge in [0, 0.05) is 22.5 Å². The fourth-order valence-electron chi connectivity index (χ4n) is 2.69. The van der Waals surface area contributed by atoms with Gasteiger partial charge in [0.15, 0.2) is 0 Å². The van der Waals surface area contributed by atoms with Crippen LogP contribution in [0.3, 0.4) is 0 Å². The molecule has 1 aliphatic heterocycles. The monoisotopic (exact) mass is 325 g/mol. The molecule has 0 saturated heterocycles. The van der Waals surface area contributed by atoms with Crippen LogP contribution in [0.15, 0.2) is 16.6 Å². The first-order valence-electron chi connectivity index (χ1n) is 7.34. The number of fused-ring (bicyclic) bond motifs is 1. The van der Waals surface area contributed by atoms with Crippen molar-refractivity contribution in [1.29, 1.82) is 0 Å². The first kappa shape index (κ1) is 14.9. The van der Waals surface area contributed by atoms with Crippen LogP contribution in [0, 0.1) is 5.92 Å². The lowest BCUT2D eigenvalue weighted by molar-refractivity contribution is 0.340. The molecule has 2 rings (SSSR count). The number of nitrogens with one attached hydrogen (secondary N) is 1. The zero-order valence-electron chi connectivity index (χ0n) is 12.1. The van der Waals surface area contributed by atoms with Crippen molar-refractivity contribution in [1.82, 2.24) is 5.32 Å². The summed E-state index contributed by atoms with van der Waals surface area (Å²) >= 11 is 3.64. The topological polar surface area (TPSA) is 21.3 Å². The smallest absolute Gasteiger partial charge is 0.127 e. The van der Waals surface area contributed by atoms with Gasteiger partial charge in [-0.2, -0.15) is 0 Å². The summed E-state index contributed by atoms with van der Waals surface area (Å²) in [4.78, 5) is 0. The van der Waals surface area contributed by atoms with Crippen LogP contribution in [0.2, 0.25) is 0 Å². The molecule has 1 aliphatic rings. The van der Waals surface area contributed by atoms with Gasteiger partial charge < -0.3 is 10.1 Å². The van der Waals surface area contributed by atoms with Crippen LogP contribution in [-0.4, -0.2) is 13.2 Å². The Labute approximate surface area is 125 Å². The van der Waals surface area contributed by atoms with Crippen molar-refractivity contribution in [3.8, 4) is 5.75 Å². The highest BCUT2D eigenvalue weighted by atomic mass is 79.9. The minimum Gasteiger partial charge on any atom is -0.493 e. The van der Waals surface area contributed by atoms with Gasteiger partial charge >= 0.3 is 0 Å². The maximum atomic E-state index is 5.87. The zero-order valence-corrected chi connectivity index (χ0v) is 13.7. The van der Waals surface area contributed by atoms with Crippen LogP contribution in [0.5, 0.6) is 5.75 Å². The van der Waals surface area contributed by atoms with Gasteiger partial charge in [-0.15, -0.1) is 0 Å². The van der Waals surface area contributed by atoms with E-state index in [1.807, 2.05) is 0 Å². The summed E-state index contributed by atoms with van der Waals surface area (Å²) < 4.78 is 7.03. The average molecular weight is 326 g/mol. The highest BCUT2D eigenvalue weighted by Gasteiger charge is 2.23. The van der Waals surface area contributed by atoms with Gasteiger partial charge in [-0.25, -0.2) is 0 Å². The lowest BCUT2D eigenvalue weighted by Crippen LogP contribution is -2.23. The fourth-order valence-corrected chi connectivity index (χ4v) is 3.22. The van der Waals surface area contributed by atoms with Crippen molar-refractivity contribution in [2.75, 3.05) is 13.2 Å². The highest BCUT2D eigenvalue weighted by molar-refractivity contribution is 9.10. The third kappa shape index (κ3) is 3.51. The van der Waals surface area contributed by atoms with Gasteiger partial charge in [-0.05, 0) is 36.6 Å². The van der Waals surface area contributed by atoms with E-state index in [0.717, 1.165) is 37.7 Å². The summed E-state index contributed by atoms with van der Waals surface area (Å²) in [5.74, 6) is 1.84. The van der Waals surface area contributed by atoms with E-state index >= 15 is 0 Å². The van der Waals surface area contributed by atoms with E-state index in [9.17, 15) is 0 Å². The SMILES string of the molecule is CCNC(CC(C)CC)c1cc(Br)cc2c1OCC2. The number of benzene rings is 1. The molecule has 0 aliphatic carbocycles. The van der Waals surface area contributed by atoms with Crippen LogP contribution >= 0.6 is 15.9 Å².